The van der Waals surface area contributed by atoms with Crippen molar-refractivity contribution in [2.45, 2.75) is 79.1 Å². The van der Waals surface area contributed by atoms with Crippen molar-refractivity contribution < 1.29 is 4.74 Å². The zero-order valence-electron chi connectivity index (χ0n) is 15.2. The van der Waals surface area contributed by atoms with Crippen LogP contribution >= 0.6 is 0 Å². The SMILES string of the molecule is CCN(CC)CCCNC1C[C@@H](C(C)C)O[C@H](C(C)C)C1. The molecule has 1 aliphatic heterocycles. The first kappa shape index (κ1) is 18.9. The second-order valence-electron chi connectivity index (χ2n) is 7.20. The Morgan fingerprint density at radius 1 is 1.00 bits per heavy atom. The fourth-order valence-electron chi connectivity index (χ4n) is 3.17. The van der Waals surface area contributed by atoms with Crippen LogP contribution in [0.15, 0.2) is 0 Å². The van der Waals surface area contributed by atoms with Gasteiger partial charge in [0.1, 0.15) is 0 Å². The highest BCUT2D eigenvalue weighted by atomic mass is 16.5. The van der Waals surface area contributed by atoms with E-state index in [-0.39, 0.29) is 0 Å². The van der Waals surface area contributed by atoms with Crippen LogP contribution in [0.3, 0.4) is 0 Å². The molecule has 1 fully saturated rings. The highest BCUT2D eigenvalue weighted by Crippen LogP contribution is 2.28. The summed E-state index contributed by atoms with van der Waals surface area (Å²) >= 11 is 0. The molecular weight excluding hydrogens is 260 g/mol. The molecule has 0 aromatic heterocycles. The molecule has 1 N–H and O–H groups in total. The molecule has 0 unspecified atom stereocenters. The van der Waals surface area contributed by atoms with E-state index in [1.54, 1.807) is 0 Å². The van der Waals surface area contributed by atoms with E-state index in [9.17, 15) is 0 Å². The van der Waals surface area contributed by atoms with Crippen molar-refractivity contribution in [3.8, 4) is 0 Å². The van der Waals surface area contributed by atoms with Gasteiger partial charge in [0, 0.05) is 6.04 Å². The molecule has 21 heavy (non-hydrogen) atoms. The third-order valence-electron chi connectivity index (χ3n) is 4.85. The highest BCUT2D eigenvalue weighted by molar-refractivity contribution is 4.84. The van der Waals surface area contributed by atoms with Crippen molar-refractivity contribution in [2.24, 2.45) is 11.8 Å². The standard InChI is InChI=1S/C18H38N2O/c1-7-20(8-2)11-9-10-19-16-12-17(14(3)4)21-18(13-16)15(5)6/h14-19H,7-13H2,1-6H3/t17-,18-/m0/s1. The average Bonchev–Trinajstić information content (AvgIpc) is 2.47. The minimum absolute atomic E-state index is 0.423. The topological polar surface area (TPSA) is 24.5 Å². The Bertz CT molecular complexity index is 248. The first-order valence-corrected chi connectivity index (χ1v) is 9.09. The van der Waals surface area contributed by atoms with E-state index in [0.717, 1.165) is 6.54 Å². The molecule has 0 aromatic rings. The molecule has 0 spiro atoms. The predicted molar refractivity (Wildman–Crippen MR) is 91.8 cm³/mol. The van der Waals surface area contributed by atoms with Crippen molar-refractivity contribution in [1.29, 1.82) is 0 Å². The van der Waals surface area contributed by atoms with E-state index in [0.29, 0.717) is 30.1 Å². The van der Waals surface area contributed by atoms with E-state index < -0.39 is 0 Å². The smallest absolute Gasteiger partial charge is 0.0616 e. The van der Waals surface area contributed by atoms with Gasteiger partial charge in [0.25, 0.3) is 0 Å². The van der Waals surface area contributed by atoms with E-state index in [2.05, 4.69) is 51.8 Å². The second kappa shape index (κ2) is 9.81. The van der Waals surface area contributed by atoms with Crippen LogP contribution in [0, 0.1) is 11.8 Å². The van der Waals surface area contributed by atoms with Crippen LogP contribution in [0.2, 0.25) is 0 Å². The largest absolute Gasteiger partial charge is 0.374 e. The summed E-state index contributed by atoms with van der Waals surface area (Å²) in [5.74, 6) is 1.23. The fraction of sp³-hybridized carbons (Fsp3) is 1.00. The van der Waals surface area contributed by atoms with Gasteiger partial charge in [-0.05, 0) is 57.3 Å². The van der Waals surface area contributed by atoms with Gasteiger partial charge in [-0.15, -0.1) is 0 Å². The highest BCUT2D eigenvalue weighted by Gasteiger charge is 2.32. The quantitative estimate of drug-likeness (QED) is 0.659. The minimum atomic E-state index is 0.423. The van der Waals surface area contributed by atoms with Crippen LogP contribution < -0.4 is 5.32 Å². The van der Waals surface area contributed by atoms with Gasteiger partial charge in [0.05, 0.1) is 12.2 Å². The molecule has 0 bridgehead atoms. The lowest BCUT2D eigenvalue weighted by molar-refractivity contribution is -0.0993. The summed E-state index contributed by atoms with van der Waals surface area (Å²) in [6.07, 6.45) is 4.44. The normalized spacial score (nSPS) is 27.0. The van der Waals surface area contributed by atoms with Gasteiger partial charge in [-0.3, -0.25) is 0 Å². The van der Waals surface area contributed by atoms with Gasteiger partial charge in [-0.2, -0.15) is 0 Å². The van der Waals surface area contributed by atoms with Crippen molar-refractivity contribution in [3.63, 3.8) is 0 Å². The number of nitrogens with one attached hydrogen (secondary N) is 1. The maximum atomic E-state index is 6.27. The zero-order chi connectivity index (χ0) is 15.8. The van der Waals surface area contributed by atoms with Crippen LogP contribution in [-0.2, 0) is 4.74 Å². The Balaban J connectivity index is 2.35. The monoisotopic (exact) mass is 298 g/mol. The second-order valence-corrected chi connectivity index (χ2v) is 7.20. The fourth-order valence-corrected chi connectivity index (χ4v) is 3.17. The molecule has 1 aliphatic rings. The molecule has 0 aromatic carbocycles. The number of ether oxygens (including phenoxy) is 1. The van der Waals surface area contributed by atoms with Crippen molar-refractivity contribution in [3.05, 3.63) is 0 Å². The third kappa shape index (κ3) is 6.66. The van der Waals surface area contributed by atoms with E-state index in [1.807, 2.05) is 0 Å². The molecule has 1 saturated heterocycles. The van der Waals surface area contributed by atoms with E-state index in [4.69, 9.17) is 4.74 Å². The van der Waals surface area contributed by atoms with Crippen molar-refractivity contribution in [1.82, 2.24) is 10.2 Å². The third-order valence-corrected chi connectivity index (χ3v) is 4.85. The summed E-state index contributed by atoms with van der Waals surface area (Å²) < 4.78 is 6.27. The van der Waals surface area contributed by atoms with Gasteiger partial charge in [-0.1, -0.05) is 41.5 Å². The van der Waals surface area contributed by atoms with Crippen LogP contribution in [0.4, 0.5) is 0 Å². The Hall–Kier alpha value is -0.120. The van der Waals surface area contributed by atoms with Crippen molar-refractivity contribution >= 4 is 0 Å². The van der Waals surface area contributed by atoms with Gasteiger partial charge >= 0.3 is 0 Å². The first-order chi connectivity index (χ1) is 9.97. The lowest BCUT2D eigenvalue weighted by Crippen LogP contribution is -2.46. The Morgan fingerprint density at radius 2 is 1.52 bits per heavy atom. The molecular formula is C18H38N2O. The molecule has 3 nitrogen and oxygen atoms in total. The van der Waals surface area contributed by atoms with Crippen LogP contribution in [0.25, 0.3) is 0 Å². The summed E-state index contributed by atoms with van der Waals surface area (Å²) in [5, 5.41) is 3.79. The van der Waals surface area contributed by atoms with Crippen LogP contribution in [0.5, 0.6) is 0 Å². The molecule has 0 aliphatic carbocycles. The molecule has 1 heterocycles. The molecule has 0 radical (unpaired) electrons. The van der Waals surface area contributed by atoms with Gasteiger partial charge < -0.3 is 15.0 Å². The number of nitrogens with zero attached hydrogens (tertiary/aromatic N) is 1. The maximum Gasteiger partial charge on any atom is 0.0616 e. The predicted octanol–water partition coefficient (Wildman–Crippen LogP) is 3.54. The van der Waals surface area contributed by atoms with E-state index in [1.165, 1.54) is 38.9 Å². The summed E-state index contributed by atoms with van der Waals surface area (Å²) in [7, 11) is 0. The van der Waals surface area contributed by atoms with Gasteiger partial charge in [-0.25, -0.2) is 0 Å². The molecule has 1 rings (SSSR count). The summed E-state index contributed by atoms with van der Waals surface area (Å²) in [4.78, 5) is 2.50. The Labute approximate surface area is 132 Å². The van der Waals surface area contributed by atoms with Crippen LogP contribution in [0.1, 0.15) is 60.8 Å². The number of hydrogen-bond donors (Lipinski definition) is 1. The van der Waals surface area contributed by atoms with Gasteiger partial charge in [0.15, 0.2) is 0 Å². The lowest BCUT2D eigenvalue weighted by Gasteiger charge is -2.39. The Morgan fingerprint density at radius 3 is 1.95 bits per heavy atom. The van der Waals surface area contributed by atoms with Crippen LogP contribution in [-0.4, -0.2) is 49.3 Å². The summed E-state index contributed by atoms with van der Waals surface area (Å²) in [6.45, 7) is 18.3. The maximum absolute atomic E-state index is 6.27. The van der Waals surface area contributed by atoms with Crippen molar-refractivity contribution in [2.75, 3.05) is 26.2 Å². The van der Waals surface area contributed by atoms with Gasteiger partial charge in [0.2, 0.25) is 0 Å². The summed E-state index contributed by atoms with van der Waals surface area (Å²) in [5.41, 5.74) is 0. The first-order valence-electron chi connectivity index (χ1n) is 9.09. The number of rotatable bonds is 9. The molecule has 126 valence electrons. The average molecular weight is 299 g/mol. The minimum Gasteiger partial charge on any atom is -0.374 e. The zero-order valence-corrected chi connectivity index (χ0v) is 15.2. The lowest BCUT2D eigenvalue weighted by atomic mass is 9.88. The Kier molecular flexibility index (Phi) is 8.84. The number of hydrogen-bond acceptors (Lipinski definition) is 3. The van der Waals surface area contributed by atoms with E-state index >= 15 is 0 Å². The molecule has 0 saturated carbocycles. The molecule has 3 heteroatoms. The summed E-state index contributed by atoms with van der Waals surface area (Å²) in [6, 6.07) is 0.634. The molecule has 0 amide bonds. The molecule has 2 atom stereocenters.